The summed E-state index contributed by atoms with van der Waals surface area (Å²) in [5.41, 5.74) is 4.21. The average Bonchev–Trinajstić information content (AvgIpc) is 3.37. The second-order valence-electron chi connectivity index (χ2n) is 7.49. The van der Waals surface area contributed by atoms with Gasteiger partial charge >= 0.3 is 0 Å². The number of ether oxygens (including phenoxy) is 1. The minimum Gasteiger partial charge on any atom is -0.395 e. The first kappa shape index (κ1) is 18.0. The van der Waals surface area contributed by atoms with Gasteiger partial charge in [-0.25, -0.2) is 9.97 Å². The number of nitrogens with zero attached hydrogens (tertiary/aromatic N) is 2. The molecule has 29 heavy (non-hydrogen) atoms. The Balaban J connectivity index is 1.52. The molecule has 0 radical (unpaired) electrons. The molecule has 0 amide bonds. The van der Waals surface area contributed by atoms with Gasteiger partial charge in [-0.2, -0.15) is 0 Å². The number of ketones is 1. The van der Waals surface area contributed by atoms with Crippen LogP contribution in [-0.4, -0.2) is 50.9 Å². The first-order valence-corrected chi connectivity index (χ1v) is 9.90. The van der Waals surface area contributed by atoms with E-state index in [0.717, 1.165) is 48.2 Å². The Morgan fingerprint density at radius 3 is 2.55 bits per heavy atom. The van der Waals surface area contributed by atoms with Crippen molar-refractivity contribution in [3.05, 3.63) is 59.5 Å². The van der Waals surface area contributed by atoms with E-state index in [0.29, 0.717) is 17.0 Å². The molecule has 2 aromatic heterocycles. The number of fused-ring (bicyclic) bond motifs is 2. The Morgan fingerprint density at radius 1 is 1.10 bits per heavy atom. The third kappa shape index (κ3) is 3.22. The van der Waals surface area contributed by atoms with E-state index in [4.69, 9.17) is 4.74 Å². The number of nitrogens with one attached hydrogen (secondary N) is 2. The maximum atomic E-state index is 13.0. The molecule has 4 aromatic rings. The summed E-state index contributed by atoms with van der Waals surface area (Å²) in [6.45, 7) is 1.26. The van der Waals surface area contributed by atoms with Gasteiger partial charge in [-0.05, 0) is 30.5 Å². The summed E-state index contributed by atoms with van der Waals surface area (Å²) in [6, 6.07) is 13.2. The Labute approximate surface area is 167 Å². The van der Waals surface area contributed by atoms with Crippen molar-refractivity contribution < 1.29 is 14.6 Å². The maximum Gasteiger partial charge on any atom is 0.209 e. The minimum atomic E-state index is -0.663. The number of aliphatic hydroxyl groups is 1. The zero-order valence-corrected chi connectivity index (χ0v) is 15.9. The number of imidazole rings is 1. The molecule has 0 saturated carbocycles. The molecule has 0 spiro atoms. The van der Waals surface area contributed by atoms with Crippen molar-refractivity contribution in [3.63, 3.8) is 0 Å². The molecule has 5 rings (SSSR count). The number of aliphatic hydroxyl groups excluding tert-OH is 1. The molecule has 1 saturated heterocycles. The van der Waals surface area contributed by atoms with Gasteiger partial charge in [-0.15, -0.1) is 0 Å². The lowest BCUT2D eigenvalue weighted by Gasteiger charge is -2.21. The summed E-state index contributed by atoms with van der Waals surface area (Å²) in [6.07, 6.45) is 1.96. The Hall–Kier alpha value is -3.03. The van der Waals surface area contributed by atoms with Gasteiger partial charge in [-0.3, -0.25) is 4.79 Å². The van der Waals surface area contributed by atoms with Crippen molar-refractivity contribution in [1.29, 1.82) is 0 Å². The highest BCUT2D eigenvalue weighted by molar-refractivity contribution is 6.02. The normalized spacial score (nSPS) is 16.4. The molecule has 1 aliphatic heterocycles. The van der Waals surface area contributed by atoms with Crippen LogP contribution in [0.4, 0.5) is 0 Å². The lowest BCUT2D eigenvalue weighted by atomic mass is 9.94. The van der Waals surface area contributed by atoms with Gasteiger partial charge in [0.05, 0.1) is 29.1 Å². The smallest absolute Gasteiger partial charge is 0.209 e. The van der Waals surface area contributed by atoms with Crippen LogP contribution in [0.1, 0.15) is 46.6 Å². The summed E-state index contributed by atoms with van der Waals surface area (Å²) >= 11 is 0. The van der Waals surface area contributed by atoms with Gasteiger partial charge in [0, 0.05) is 30.2 Å². The molecule has 0 aliphatic carbocycles. The zero-order valence-electron chi connectivity index (χ0n) is 15.9. The van der Waals surface area contributed by atoms with E-state index < -0.39 is 5.92 Å². The number of carbonyl (C=O) groups excluding carboxylic acids is 1. The Kier molecular flexibility index (Phi) is 4.61. The fourth-order valence-electron chi connectivity index (χ4n) is 4.14. The number of aromatic amines is 2. The van der Waals surface area contributed by atoms with Crippen LogP contribution in [0, 0.1) is 0 Å². The molecule has 1 fully saturated rings. The second-order valence-corrected chi connectivity index (χ2v) is 7.49. The highest BCUT2D eigenvalue weighted by Gasteiger charge is 2.26. The number of hydrogen-bond acceptors (Lipinski definition) is 5. The summed E-state index contributed by atoms with van der Waals surface area (Å²) in [7, 11) is 0. The molecule has 0 bridgehead atoms. The highest BCUT2D eigenvalue weighted by Crippen LogP contribution is 2.32. The fraction of sp³-hybridized carbons (Fsp3) is 0.318. The van der Waals surface area contributed by atoms with Gasteiger partial charge in [0.2, 0.25) is 5.78 Å². The molecular formula is C22H22N4O3. The number of hydrogen-bond donors (Lipinski definition) is 3. The predicted octanol–water partition coefficient (Wildman–Crippen LogP) is 3.29. The van der Waals surface area contributed by atoms with Crippen molar-refractivity contribution in [2.24, 2.45) is 0 Å². The van der Waals surface area contributed by atoms with Crippen molar-refractivity contribution in [2.45, 2.75) is 24.7 Å². The Morgan fingerprint density at radius 2 is 1.83 bits per heavy atom. The third-order valence-corrected chi connectivity index (χ3v) is 5.74. The number of H-pyrrole nitrogens is 2. The third-order valence-electron chi connectivity index (χ3n) is 5.74. The monoisotopic (exact) mass is 390 g/mol. The lowest BCUT2D eigenvalue weighted by Crippen LogP contribution is -2.18. The van der Waals surface area contributed by atoms with Crippen molar-refractivity contribution in [2.75, 3.05) is 19.8 Å². The summed E-state index contributed by atoms with van der Waals surface area (Å²) < 4.78 is 5.47. The first-order chi connectivity index (χ1) is 14.2. The number of Topliss-reactive ketones (excluding diaryl/α,β-unsaturated/α-hetero) is 1. The van der Waals surface area contributed by atoms with Gasteiger partial charge in [0.25, 0.3) is 0 Å². The van der Waals surface area contributed by atoms with Crippen molar-refractivity contribution in [3.8, 4) is 0 Å². The molecule has 0 unspecified atom stereocenters. The number of carbonyl (C=O) groups is 1. The molecule has 7 nitrogen and oxygen atoms in total. The van der Waals surface area contributed by atoms with Gasteiger partial charge < -0.3 is 20.0 Å². The summed E-state index contributed by atoms with van der Waals surface area (Å²) in [4.78, 5) is 21.9. The van der Waals surface area contributed by atoms with Crippen LogP contribution in [0.5, 0.6) is 0 Å². The van der Waals surface area contributed by atoms with E-state index in [1.165, 1.54) is 0 Å². The molecule has 1 aliphatic rings. The van der Waals surface area contributed by atoms with E-state index >= 15 is 0 Å². The SMILES string of the molecule is O=C(c1nc2cc3[nH][nH]c(C4CCOCC4)c3cc2n1)[C@H](CO)c1ccccc1. The van der Waals surface area contributed by atoms with Crippen LogP contribution in [0.25, 0.3) is 21.9 Å². The number of rotatable bonds is 5. The first-order valence-electron chi connectivity index (χ1n) is 9.90. The van der Waals surface area contributed by atoms with Crippen molar-refractivity contribution >= 4 is 27.7 Å². The number of benzene rings is 2. The molecule has 3 heterocycles. The maximum absolute atomic E-state index is 13.0. The van der Waals surface area contributed by atoms with E-state index in [2.05, 4.69) is 20.2 Å². The van der Waals surface area contributed by atoms with Crippen LogP contribution in [0.3, 0.4) is 0 Å². The van der Waals surface area contributed by atoms with E-state index in [-0.39, 0.29) is 18.2 Å². The minimum absolute atomic E-state index is 0.146. The van der Waals surface area contributed by atoms with Gasteiger partial charge in [-0.1, -0.05) is 30.3 Å². The molecule has 3 N–H and O–H groups in total. The Bertz CT molecular complexity index is 1160. The van der Waals surface area contributed by atoms with Crippen LogP contribution >= 0.6 is 0 Å². The van der Waals surface area contributed by atoms with Gasteiger partial charge in [0.15, 0.2) is 5.82 Å². The largest absolute Gasteiger partial charge is 0.395 e. The standard InChI is InChI=1S/C22H22N4O3/c27-12-16(13-4-2-1-3-5-13)21(28)22-23-18-10-15-17(11-19(18)24-22)25-26-20(15)14-6-8-29-9-7-14/h1-5,10-11,14,16,25-27H,6-9,12H2/t16-/m1/s1. The quantitative estimate of drug-likeness (QED) is 0.454. The van der Waals surface area contributed by atoms with Crippen LogP contribution < -0.4 is 0 Å². The van der Waals surface area contributed by atoms with E-state index in [1.54, 1.807) is 0 Å². The van der Waals surface area contributed by atoms with Crippen LogP contribution in [-0.2, 0) is 4.74 Å². The van der Waals surface area contributed by atoms with Crippen molar-refractivity contribution in [1.82, 2.24) is 20.2 Å². The zero-order chi connectivity index (χ0) is 19.8. The van der Waals surface area contributed by atoms with E-state index in [1.807, 2.05) is 42.5 Å². The molecule has 7 heteroatoms. The highest BCUT2D eigenvalue weighted by atomic mass is 16.5. The lowest BCUT2D eigenvalue weighted by molar-refractivity contribution is 0.0847. The molecular weight excluding hydrogens is 368 g/mol. The topological polar surface area (TPSA) is 104 Å². The number of aromatic nitrogens is 4. The second kappa shape index (κ2) is 7.42. The molecule has 148 valence electrons. The molecule has 2 aromatic carbocycles. The fourth-order valence-corrected chi connectivity index (χ4v) is 4.14. The van der Waals surface area contributed by atoms with Crippen LogP contribution in [0.2, 0.25) is 0 Å². The summed E-state index contributed by atoms with van der Waals surface area (Å²) in [5, 5.41) is 17.4. The average molecular weight is 390 g/mol. The molecule has 1 atom stereocenters. The van der Waals surface area contributed by atoms with Gasteiger partial charge in [0.1, 0.15) is 0 Å². The predicted molar refractivity (Wildman–Crippen MR) is 109 cm³/mol. The van der Waals surface area contributed by atoms with E-state index in [9.17, 15) is 9.90 Å². The van der Waals surface area contributed by atoms with Crippen LogP contribution in [0.15, 0.2) is 42.5 Å². The summed E-state index contributed by atoms with van der Waals surface area (Å²) in [5.74, 6) is -0.373.